The van der Waals surface area contributed by atoms with Crippen molar-refractivity contribution in [2.45, 2.75) is 25.9 Å². The molecule has 0 bridgehead atoms. The Kier molecular flexibility index (Phi) is 2.90. The van der Waals surface area contributed by atoms with Gasteiger partial charge >= 0.3 is 0 Å². The van der Waals surface area contributed by atoms with Gasteiger partial charge in [0.15, 0.2) is 0 Å². The molecule has 1 aliphatic rings. The first-order valence-corrected chi connectivity index (χ1v) is 5.81. The number of aromatic nitrogens is 2. The predicted molar refractivity (Wildman–Crippen MR) is 55.9 cm³/mol. The zero-order valence-electron chi connectivity index (χ0n) is 7.84. The molecule has 2 rings (SSSR count). The fourth-order valence-electron chi connectivity index (χ4n) is 1.50. The highest BCUT2D eigenvalue weighted by Gasteiger charge is 2.14. The maximum atomic E-state index is 4.25. The van der Waals surface area contributed by atoms with E-state index < -0.39 is 0 Å². The molecule has 1 aromatic heterocycles. The number of aryl methyl sites for hydroxylation is 1. The monoisotopic (exact) mass is 197 g/mol. The smallest absolute Gasteiger partial charge is 0.0925 e. The first kappa shape index (κ1) is 9.09. The average Bonchev–Trinajstić information content (AvgIpc) is 2.72. The first-order chi connectivity index (χ1) is 6.36. The minimum atomic E-state index is 0.695. The molecule has 4 heteroatoms. The molecule has 0 aromatic carbocycles. The number of rotatable bonds is 3. The van der Waals surface area contributed by atoms with Crippen molar-refractivity contribution in [1.82, 2.24) is 15.3 Å². The molecule has 0 saturated carbocycles. The second-order valence-electron chi connectivity index (χ2n) is 3.42. The summed E-state index contributed by atoms with van der Waals surface area (Å²) >= 11 is 2.03. The summed E-state index contributed by atoms with van der Waals surface area (Å²) in [6.07, 6.45) is 3.06. The molecule has 0 aliphatic carbocycles. The lowest BCUT2D eigenvalue weighted by Gasteiger charge is -2.09. The van der Waals surface area contributed by atoms with Crippen molar-refractivity contribution in [3.63, 3.8) is 0 Å². The van der Waals surface area contributed by atoms with Gasteiger partial charge < -0.3 is 10.3 Å². The maximum Gasteiger partial charge on any atom is 0.0925 e. The number of nitrogens with zero attached hydrogens (tertiary/aromatic N) is 1. The van der Waals surface area contributed by atoms with Gasteiger partial charge in [-0.2, -0.15) is 11.8 Å². The van der Waals surface area contributed by atoms with Crippen LogP contribution in [0.3, 0.4) is 0 Å². The van der Waals surface area contributed by atoms with Gasteiger partial charge in [0.25, 0.3) is 0 Å². The average molecular weight is 197 g/mol. The molecule has 13 heavy (non-hydrogen) atoms. The Hall–Kier alpha value is -0.480. The molecule has 0 radical (unpaired) electrons. The number of hydrogen-bond acceptors (Lipinski definition) is 3. The molecule has 72 valence electrons. The molecular weight excluding hydrogens is 182 g/mol. The Morgan fingerprint density at radius 2 is 2.69 bits per heavy atom. The second-order valence-corrected chi connectivity index (χ2v) is 4.57. The minimum absolute atomic E-state index is 0.695. The van der Waals surface area contributed by atoms with Crippen LogP contribution in [-0.4, -0.2) is 27.5 Å². The summed E-state index contributed by atoms with van der Waals surface area (Å²) in [5, 5.41) is 3.52. The fraction of sp³-hybridized carbons (Fsp3) is 0.667. The van der Waals surface area contributed by atoms with Gasteiger partial charge in [-0.15, -0.1) is 0 Å². The van der Waals surface area contributed by atoms with E-state index in [2.05, 4.69) is 22.2 Å². The third-order valence-corrected chi connectivity index (χ3v) is 3.58. The quantitative estimate of drug-likeness (QED) is 0.767. The molecule has 0 spiro atoms. The Morgan fingerprint density at radius 3 is 3.31 bits per heavy atom. The van der Waals surface area contributed by atoms with Crippen LogP contribution in [0.15, 0.2) is 6.33 Å². The Bertz CT molecular complexity index is 266. The number of H-pyrrole nitrogens is 1. The highest BCUT2D eigenvalue weighted by atomic mass is 32.2. The highest BCUT2D eigenvalue weighted by Crippen LogP contribution is 2.17. The molecule has 1 aliphatic heterocycles. The Balaban J connectivity index is 1.82. The third-order valence-electron chi connectivity index (χ3n) is 2.42. The SMILES string of the molecule is Cc1[nH]cnc1CNC1CCSC1. The number of hydrogen-bond donors (Lipinski definition) is 2. The normalized spacial score (nSPS) is 22.4. The van der Waals surface area contributed by atoms with E-state index >= 15 is 0 Å². The van der Waals surface area contributed by atoms with Crippen LogP contribution in [0.1, 0.15) is 17.8 Å². The fourth-order valence-corrected chi connectivity index (χ4v) is 2.69. The summed E-state index contributed by atoms with van der Waals surface area (Å²) in [7, 11) is 0. The Morgan fingerprint density at radius 1 is 1.77 bits per heavy atom. The molecular formula is C9H15N3S. The van der Waals surface area contributed by atoms with Crippen molar-refractivity contribution in [2.24, 2.45) is 0 Å². The van der Waals surface area contributed by atoms with Crippen molar-refractivity contribution in [2.75, 3.05) is 11.5 Å². The van der Waals surface area contributed by atoms with Gasteiger partial charge in [-0.3, -0.25) is 0 Å². The zero-order valence-corrected chi connectivity index (χ0v) is 8.66. The number of imidazole rings is 1. The summed E-state index contributed by atoms with van der Waals surface area (Å²) in [6.45, 7) is 2.97. The van der Waals surface area contributed by atoms with Gasteiger partial charge in [0, 0.05) is 24.0 Å². The minimum Gasteiger partial charge on any atom is -0.348 e. The van der Waals surface area contributed by atoms with Crippen LogP contribution in [0.5, 0.6) is 0 Å². The standard InChI is InChI=1S/C9H15N3S/c1-7-9(12-6-11-7)4-10-8-2-3-13-5-8/h6,8,10H,2-5H2,1H3,(H,11,12). The molecule has 1 saturated heterocycles. The van der Waals surface area contributed by atoms with Gasteiger partial charge in [-0.05, 0) is 19.1 Å². The van der Waals surface area contributed by atoms with Gasteiger partial charge in [-0.1, -0.05) is 0 Å². The van der Waals surface area contributed by atoms with Gasteiger partial charge in [0.05, 0.1) is 12.0 Å². The molecule has 0 amide bonds. The van der Waals surface area contributed by atoms with E-state index in [1.54, 1.807) is 6.33 Å². The number of aromatic amines is 1. The zero-order chi connectivity index (χ0) is 9.10. The topological polar surface area (TPSA) is 40.7 Å². The van der Waals surface area contributed by atoms with E-state index in [-0.39, 0.29) is 0 Å². The summed E-state index contributed by atoms with van der Waals surface area (Å²) in [5.41, 5.74) is 2.33. The maximum absolute atomic E-state index is 4.25. The van der Waals surface area contributed by atoms with Crippen molar-refractivity contribution < 1.29 is 0 Å². The van der Waals surface area contributed by atoms with Crippen LogP contribution in [0.25, 0.3) is 0 Å². The Labute approximate surface area is 82.7 Å². The second kappa shape index (κ2) is 4.15. The van der Waals surface area contributed by atoms with Gasteiger partial charge in [0.1, 0.15) is 0 Å². The van der Waals surface area contributed by atoms with Crippen molar-refractivity contribution in [3.8, 4) is 0 Å². The largest absolute Gasteiger partial charge is 0.348 e. The van der Waals surface area contributed by atoms with Gasteiger partial charge in [0.2, 0.25) is 0 Å². The van der Waals surface area contributed by atoms with Crippen LogP contribution in [0, 0.1) is 6.92 Å². The van der Waals surface area contributed by atoms with E-state index in [0.717, 1.165) is 12.2 Å². The van der Waals surface area contributed by atoms with Crippen LogP contribution >= 0.6 is 11.8 Å². The summed E-state index contributed by atoms with van der Waals surface area (Å²) in [4.78, 5) is 7.34. The molecule has 2 heterocycles. The van der Waals surface area contributed by atoms with Gasteiger partial charge in [-0.25, -0.2) is 4.98 Å². The summed E-state index contributed by atoms with van der Waals surface area (Å²) < 4.78 is 0. The van der Waals surface area contributed by atoms with E-state index in [9.17, 15) is 0 Å². The molecule has 1 unspecified atom stereocenters. The molecule has 3 nitrogen and oxygen atoms in total. The van der Waals surface area contributed by atoms with E-state index in [4.69, 9.17) is 0 Å². The van der Waals surface area contributed by atoms with Crippen molar-refractivity contribution in [1.29, 1.82) is 0 Å². The third kappa shape index (κ3) is 2.25. The highest BCUT2D eigenvalue weighted by molar-refractivity contribution is 7.99. The lowest BCUT2D eigenvalue weighted by atomic mass is 10.2. The lowest BCUT2D eigenvalue weighted by molar-refractivity contribution is 0.552. The van der Waals surface area contributed by atoms with E-state index in [1.807, 2.05) is 11.8 Å². The molecule has 1 fully saturated rings. The lowest BCUT2D eigenvalue weighted by Crippen LogP contribution is -2.28. The number of thioether (sulfide) groups is 1. The molecule has 1 atom stereocenters. The van der Waals surface area contributed by atoms with Crippen molar-refractivity contribution in [3.05, 3.63) is 17.7 Å². The first-order valence-electron chi connectivity index (χ1n) is 4.66. The van der Waals surface area contributed by atoms with Crippen LogP contribution < -0.4 is 5.32 Å². The van der Waals surface area contributed by atoms with Crippen LogP contribution in [0.2, 0.25) is 0 Å². The molecule has 2 N–H and O–H groups in total. The summed E-state index contributed by atoms with van der Waals surface area (Å²) in [5.74, 6) is 2.56. The predicted octanol–water partition coefficient (Wildman–Crippen LogP) is 1.31. The summed E-state index contributed by atoms with van der Waals surface area (Å²) in [6, 6.07) is 0.695. The molecule has 1 aromatic rings. The number of nitrogens with one attached hydrogen (secondary N) is 2. The van der Waals surface area contributed by atoms with E-state index in [1.165, 1.54) is 23.6 Å². The van der Waals surface area contributed by atoms with Crippen molar-refractivity contribution >= 4 is 11.8 Å². The van der Waals surface area contributed by atoms with E-state index in [0.29, 0.717) is 6.04 Å². The van der Waals surface area contributed by atoms with Crippen LogP contribution in [-0.2, 0) is 6.54 Å². The van der Waals surface area contributed by atoms with Crippen LogP contribution in [0.4, 0.5) is 0 Å².